The molecule has 0 aliphatic rings. The first-order valence-electron chi connectivity index (χ1n) is 10.5. The van der Waals surface area contributed by atoms with Crippen LogP contribution in [-0.4, -0.2) is 41.7 Å². The highest BCUT2D eigenvalue weighted by molar-refractivity contribution is 7.13. The van der Waals surface area contributed by atoms with E-state index in [0.717, 1.165) is 36.1 Å². The molecule has 0 aliphatic carbocycles. The van der Waals surface area contributed by atoms with Gasteiger partial charge in [-0.1, -0.05) is 11.6 Å². The van der Waals surface area contributed by atoms with E-state index in [1.807, 2.05) is 0 Å². The number of carbonyl (C=O) groups excluding carboxylic acids is 2. The zero-order valence-corrected chi connectivity index (χ0v) is 20.7. The number of halogens is 7. The Balaban J connectivity index is 1.43. The largest absolute Gasteiger partial charge is 0.432 e. The van der Waals surface area contributed by atoms with E-state index in [1.54, 1.807) is 6.92 Å². The molecule has 3 N–H and O–H groups in total. The number of carbonyl (C=O) groups is 2. The molecule has 4 heterocycles. The number of amides is 2. The third kappa shape index (κ3) is 6.48. The Morgan fingerprint density at radius 1 is 0.949 bits per heavy atom. The lowest BCUT2D eigenvalue weighted by Gasteiger charge is -2.11. The van der Waals surface area contributed by atoms with Crippen molar-refractivity contribution in [3.8, 4) is 11.5 Å². The molecule has 0 saturated carbocycles. The van der Waals surface area contributed by atoms with Crippen LogP contribution in [0.2, 0.25) is 5.02 Å². The van der Waals surface area contributed by atoms with Crippen LogP contribution in [0.1, 0.15) is 49.4 Å². The minimum absolute atomic E-state index is 0.0130. The van der Waals surface area contributed by atoms with Crippen LogP contribution in [0.25, 0.3) is 11.5 Å². The first-order chi connectivity index (χ1) is 18.2. The molecule has 18 heteroatoms. The summed E-state index contributed by atoms with van der Waals surface area (Å²) in [6.07, 6.45) is -5.90. The maximum absolute atomic E-state index is 13.0. The van der Waals surface area contributed by atoms with Crippen molar-refractivity contribution in [3.63, 3.8) is 0 Å². The van der Waals surface area contributed by atoms with Crippen LogP contribution in [0.5, 0.6) is 0 Å². The quantitative estimate of drug-likeness (QED) is 0.264. The Morgan fingerprint density at radius 2 is 1.69 bits per heavy atom. The molecule has 39 heavy (non-hydrogen) atoms. The van der Waals surface area contributed by atoms with Gasteiger partial charge in [0, 0.05) is 6.20 Å². The fourth-order valence-electron chi connectivity index (χ4n) is 3.03. The summed E-state index contributed by atoms with van der Waals surface area (Å²) in [6, 6.07) is 0.970. The van der Waals surface area contributed by atoms with Crippen LogP contribution < -0.4 is 10.6 Å². The minimum Gasteiger partial charge on any atom is -0.342 e. The summed E-state index contributed by atoms with van der Waals surface area (Å²) >= 11 is 6.38. The van der Waals surface area contributed by atoms with Crippen molar-refractivity contribution in [2.45, 2.75) is 25.3 Å². The van der Waals surface area contributed by atoms with Gasteiger partial charge in [0.25, 0.3) is 11.8 Å². The SMILES string of the molecule is CC(NC(=O)c1cc(-c2ncc(C(F)(F)F)[nH]2)ncn1)c1ncc(C(=O)Nc2cc(C(F)(F)F)c(Cl)cn2)s1. The van der Waals surface area contributed by atoms with Gasteiger partial charge in [-0.15, -0.1) is 11.3 Å². The molecule has 204 valence electrons. The average molecular weight is 591 g/mol. The maximum Gasteiger partial charge on any atom is 0.432 e. The maximum atomic E-state index is 13.0. The molecule has 1 unspecified atom stereocenters. The second kappa shape index (κ2) is 10.6. The van der Waals surface area contributed by atoms with Gasteiger partial charge in [-0.05, 0) is 19.1 Å². The monoisotopic (exact) mass is 590 g/mol. The van der Waals surface area contributed by atoms with Gasteiger partial charge >= 0.3 is 12.4 Å². The summed E-state index contributed by atoms with van der Waals surface area (Å²) in [5.41, 5.74) is -2.50. The van der Waals surface area contributed by atoms with Crippen LogP contribution in [0.4, 0.5) is 32.2 Å². The number of alkyl halides is 6. The number of hydrogen-bond donors (Lipinski definition) is 3. The highest BCUT2D eigenvalue weighted by atomic mass is 35.5. The number of hydrogen-bond acceptors (Lipinski definition) is 8. The average Bonchev–Trinajstić information content (AvgIpc) is 3.55. The standard InChI is InChI=1S/C21H13ClF6N8O2S/c1-8(34-17(37)12-3-11(32-7-33-12)16-30-6-14(35-16)21(26,27)28)19-31-5-13(39-19)18(38)36-15-2-9(20(23,24)25)10(22)4-29-15/h2-8H,1H3,(H,30,35)(H,34,37)(H,29,36,38). The van der Waals surface area contributed by atoms with Crippen LogP contribution in [-0.2, 0) is 12.4 Å². The van der Waals surface area contributed by atoms with Crippen molar-refractivity contribution < 1.29 is 35.9 Å². The van der Waals surface area contributed by atoms with Gasteiger partial charge < -0.3 is 15.6 Å². The first kappa shape index (κ1) is 27.9. The lowest BCUT2D eigenvalue weighted by atomic mass is 10.2. The number of aromatic nitrogens is 6. The highest BCUT2D eigenvalue weighted by Gasteiger charge is 2.34. The molecule has 2 amide bonds. The van der Waals surface area contributed by atoms with Gasteiger partial charge in [-0.2, -0.15) is 26.3 Å². The van der Waals surface area contributed by atoms with E-state index in [4.69, 9.17) is 11.6 Å². The second-order valence-corrected chi connectivity index (χ2v) is 9.16. The van der Waals surface area contributed by atoms with Crippen molar-refractivity contribution in [2.75, 3.05) is 5.32 Å². The number of thiazole rings is 1. The number of nitrogens with one attached hydrogen (secondary N) is 3. The Bertz CT molecular complexity index is 1540. The van der Waals surface area contributed by atoms with Gasteiger partial charge in [0.05, 0.1) is 29.0 Å². The predicted molar refractivity (Wildman–Crippen MR) is 125 cm³/mol. The fourth-order valence-corrected chi connectivity index (χ4v) is 4.06. The van der Waals surface area contributed by atoms with E-state index in [1.165, 1.54) is 0 Å². The molecule has 0 radical (unpaired) electrons. The minimum atomic E-state index is -4.75. The fraction of sp³-hybridized carbons (Fsp3) is 0.190. The summed E-state index contributed by atoms with van der Waals surface area (Å²) < 4.78 is 77.6. The van der Waals surface area contributed by atoms with Crippen LogP contribution in [0.3, 0.4) is 0 Å². The smallest absolute Gasteiger partial charge is 0.342 e. The molecular formula is C21H13ClF6N8O2S. The molecule has 0 bridgehead atoms. The molecule has 4 rings (SSSR count). The number of nitrogens with zero attached hydrogens (tertiary/aromatic N) is 5. The number of aromatic amines is 1. The summed E-state index contributed by atoms with van der Waals surface area (Å²) in [4.78, 5) is 46.2. The number of H-pyrrole nitrogens is 1. The van der Waals surface area contributed by atoms with Crippen LogP contribution >= 0.6 is 22.9 Å². The second-order valence-electron chi connectivity index (χ2n) is 7.69. The molecule has 4 aromatic rings. The zero-order chi connectivity index (χ0) is 28.5. The van der Waals surface area contributed by atoms with E-state index in [-0.39, 0.29) is 32.9 Å². The van der Waals surface area contributed by atoms with Gasteiger partial charge in [0.2, 0.25) is 0 Å². The summed E-state index contributed by atoms with van der Waals surface area (Å²) in [7, 11) is 0. The van der Waals surface area contributed by atoms with E-state index in [9.17, 15) is 35.9 Å². The lowest BCUT2D eigenvalue weighted by Crippen LogP contribution is -2.27. The molecule has 0 aromatic carbocycles. The Labute approximate surface area is 222 Å². The highest BCUT2D eigenvalue weighted by Crippen LogP contribution is 2.35. The molecular weight excluding hydrogens is 578 g/mol. The third-order valence-electron chi connectivity index (χ3n) is 4.89. The molecule has 10 nitrogen and oxygen atoms in total. The van der Waals surface area contributed by atoms with Crippen LogP contribution in [0, 0.1) is 0 Å². The summed E-state index contributed by atoms with van der Waals surface area (Å²) in [5.74, 6) is -2.12. The van der Waals surface area contributed by atoms with Crippen molar-refractivity contribution in [3.05, 3.63) is 68.9 Å². The number of imidazole rings is 1. The molecule has 0 saturated heterocycles. The molecule has 4 aromatic heterocycles. The molecule has 1 atom stereocenters. The van der Waals surface area contributed by atoms with E-state index in [0.29, 0.717) is 12.3 Å². The summed E-state index contributed by atoms with van der Waals surface area (Å²) in [5, 5.41) is 4.44. The number of rotatable bonds is 6. The molecule has 0 fully saturated rings. The van der Waals surface area contributed by atoms with Crippen molar-refractivity contribution >= 4 is 40.6 Å². The van der Waals surface area contributed by atoms with Gasteiger partial charge in [0.1, 0.15) is 39.1 Å². The molecule has 0 spiro atoms. The number of pyridine rings is 1. The number of anilines is 1. The van der Waals surface area contributed by atoms with Crippen molar-refractivity contribution in [1.29, 1.82) is 0 Å². The van der Waals surface area contributed by atoms with Crippen LogP contribution in [0.15, 0.2) is 37.1 Å². The van der Waals surface area contributed by atoms with E-state index < -0.39 is 46.5 Å². The van der Waals surface area contributed by atoms with Crippen molar-refractivity contribution in [2.24, 2.45) is 0 Å². The Kier molecular flexibility index (Phi) is 7.56. The third-order valence-corrected chi connectivity index (χ3v) is 6.37. The van der Waals surface area contributed by atoms with E-state index >= 15 is 0 Å². The predicted octanol–water partition coefficient (Wildman–Crippen LogP) is 5.15. The van der Waals surface area contributed by atoms with Gasteiger partial charge in [0.15, 0.2) is 5.82 Å². The normalized spacial score (nSPS) is 12.7. The van der Waals surface area contributed by atoms with Gasteiger partial charge in [-0.3, -0.25) is 9.59 Å². The lowest BCUT2D eigenvalue weighted by molar-refractivity contribution is -0.141. The first-order valence-corrected chi connectivity index (χ1v) is 11.7. The van der Waals surface area contributed by atoms with E-state index in [2.05, 4.69) is 40.5 Å². The zero-order valence-electron chi connectivity index (χ0n) is 19.1. The van der Waals surface area contributed by atoms with Crippen molar-refractivity contribution in [1.82, 2.24) is 35.2 Å². The summed E-state index contributed by atoms with van der Waals surface area (Å²) in [6.45, 7) is 1.54. The Morgan fingerprint density at radius 3 is 2.36 bits per heavy atom. The Hall–Kier alpha value is -4.12. The topological polar surface area (TPSA) is 138 Å². The van der Waals surface area contributed by atoms with Gasteiger partial charge in [-0.25, -0.2) is 24.9 Å². The molecule has 0 aliphatic heterocycles.